The number of esters is 1. The van der Waals surface area contributed by atoms with Crippen LogP contribution in [0.2, 0.25) is 0 Å². The highest BCUT2D eigenvalue weighted by molar-refractivity contribution is 7.98. The van der Waals surface area contributed by atoms with Crippen LogP contribution in [-0.4, -0.2) is 36.6 Å². The van der Waals surface area contributed by atoms with Crippen LogP contribution in [0.5, 0.6) is 0 Å². The number of aromatic nitrogens is 1. The zero-order valence-corrected chi connectivity index (χ0v) is 16.7. The lowest BCUT2D eigenvalue weighted by atomic mass is 9.83. The summed E-state index contributed by atoms with van der Waals surface area (Å²) in [5.74, 6) is -0.790. The second-order valence-electron chi connectivity index (χ2n) is 6.83. The van der Waals surface area contributed by atoms with Gasteiger partial charge in [-0.2, -0.15) is 0 Å². The Kier molecular flexibility index (Phi) is 5.37. The van der Waals surface area contributed by atoms with Gasteiger partial charge in [-0.1, -0.05) is 32.0 Å². The van der Waals surface area contributed by atoms with Gasteiger partial charge in [0.1, 0.15) is 5.03 Å². The molecule has 0 radical (unpaired) electrons. The quantitative estimate of drug-likeness (QED) is 0.445. The Morgan fingerprint density at radius 1 is 1.22 bits per heavy atom. The van der Waals surface area contributed by atoms with E-state index in [4.69, 9.17) is 4.74 Å². The van der Waals surface area contributed by atoms with Crippen LogP contribution >= 0.6 is 11.8 Å². The molecule has 0 spiro atoms. The molecule has 0 saturated heterocycles. The number of nitrogens with zero attached hydrogens (tertiary/aromatic N) is 2. The molecule has 0 amide bonds. The number of ketones is 1. The van der Waals surface area contributed by atoms with Gasteiger partial charge < -0.3 is 9.64 Å². The summed E-state index contributed by atoms with van der Waals surface area (Å²) in [6, 6.07) is 11.4. The van der Waals surface area contributed by atoms with Crippen molar-refractivity contribution >= 4 is 29.2 Å². The van der Waals surface area contributed by atoms with E-state index in [1.54, 1.807) is 24.4 Å². The van der Waals surface area contributed by atoms with Crippen molar-refractivity contribution in [3.8, 4) is 0 Å². The van der Waals surface area contributed by atoms with Crippen LogP contribution in [0.15, 0.2) is 59.4 Å². The lowest BCUT2D eigenvalue weighted by molar-refractivity contribution is -0.117. The standard InChI is InChI=1S/C21H22N2O3S/c1-21(2)16-9-5-6-10-17(16)23(3)18(21)12-14(24)13-26-20(25)15-8-7-11-22-19(15)27-4/h5-12H,13H2,1-4H3. The molecule has 0 unspecified atom stereocenters. The van der Waals surface area contributed by atoms with Crippen molar-refractivity contribution in [2.75, 3.05) is 24.8 Å². The van der Waals surface area contributed by atoms with Crippen LogP contribution in [0, 0.1) is 0 Å². The van der Waals surface area contributed by atoms with Gasteiger partial charge >= 0.3 is 5.97 Å². The Bertz CT molecular complexity index is 921. The molecule has 2 aromatic rings. The molecule has 2 heterocycles. The van der Waals surface area contributed by atoms with Crippen LogP contribution in [0.25, 0.3) is 0 Å². The summed E-state index contributed by atoms with van der Waals surface area (Å²) in [4.78, 5) is 30.9. The molecule has 0 aliphatic carbocycles. The predicted molar refractivity (Wildman–Crippen MR) is 107 cm³/mol. The van der Waals surface area contributed by atoms with E-state index in [2.05, 4.69) is 24.9 Å². The summed E-state index contributed by atoms with van der Waals surface area (Å²) in [5.41, 5.74) is 3.22. The molecule has 140 valence electrons. The second-order valence-corrected chi connectivity index (χ2v) is 7.63. The maximum absolute atomic E-state index is 12.5. The van der Waals surface area contributed by atoms with Crippen molar-refractivity contribution in [3.63, 3.8) is 0 Å². The van der Waals surface area contributed by atoms with E-state index < -0.39 is 5.97 Å². The van der Waals surface area contributed by atoms with Crippen molar-refractivity contribution in [1.82, 2.24) is 4.98 Å². The normalized spacial score (nSPS) is 16.3. The lowest BCUT2D eigenvalue weighted by Gasteiger charge is -2.23. The molecular weight excluding hydrogens is 360 g/mol. The first-order valence-corrected chi connectivity index (χ1v) is 9.83. The molecule has 1 aliphatic rings. The number of thioether (sulfide) groups is 1. The Morgan fingerprint density at radius 2 is 1.96 bits per heavy atom. The van der Waals surface area contributed by atoms with E-state index in [1.165, 1.54) is 17.3 Å². The molecule has 6 heteroatoms. The van der Waals surface area contributed by atoms with Gasteiger partial charge in [0, 0.05) is 36.1 Å². The Labute approximate surface area is 163 Å². The number of allylic oxidation sites excluding steroid dienone is 1. The number of likely N-dealkylation sites (N-methyl/N-ethyl adjacent to an activating group) is 1. The van der Waals surface area contributed by atoms with Crippen molar-refractivity contribution in [2.24, 2.45) is 0 Å². The van der Waals surface area contributed by atoms with E-state index in [1.807, 2.05) is 36.4 Å². The van der Waals surface area contributed by atoms with Crippen LogP contribution in [0.1, 0.15) is 29.8 Å². The van der Waals surface area contributed by atoms with Crippen LogP contribution in [0.3, 0.4) is 0 Å². The number of hydrogen-bond acceptors (Lipinski definition) is 6. The summed E-state index contributed by atoms with van der Waals surface area (Å²) in [7, 11) is 1.94. The summed E-state index contributed by atoms with van der Waals surface area (Å²) in [6.45, 7) is 3.87. The fourth-order valence-corrected chi connectivity index (χ4v) is 3.91. The van der Waals surface area contributed by atoms with Gasteiger partial charge in [0.25, 0.3) is 0 Å². The van der Waals surface area contributed by atoms with Crippen LogP contribution < -0.4 is 4.90 Å². The molecule has 0 bridgehead atoms. The summed E-state index contributed by atoms with van der Waals surface area (Å²) >= 11 is 1.36. The molecule has 0 atom stereocenters. The number of rotatable bonds is 5. The number of fused-ring (bicyclic) bond motifs is 1. The molecule has 0 N–H and O–H groups in total. The third-order valence-corrected chi connectivity index (χ3v) is 5.48. The second kappa shape index (κ2) is 7.56. The SMILES string of the molecule is CSc1ncccc1C(=O)OCC(=O)C=C1N(C)c2ccccc2C1(C)C. The molecule has 3 rings (SSSR count). The highest BCUT2D eigenvalue weighted by atomic mass is 32.2. The number of pyridine rings is 1. The van der Waals surface area contributed by atoms with E-state index in [9.17, 15) is 9.59 Å². The van der Waals surface area contributed by atoms with Gasteiger partial charge in [-0.3, -0.25) is 4.79 Å². The molecule has 1 aromatic heterocycles. The van der Waals surface area contributed by atoms with E-state index in [-0.39, 0.29) is 17.8 Å². The maximum atomic E-state index is 12.5. The third-order valence-electron chi connectivity index (χ3n) is 4.77. The Morgan fingerprint density at radius 3 is 2.67 bits per heavy atom. The first-order chi connectivity index (χ1) is 12.9. The van der Waals surface area contributed by atoms with Crippen molar-refractivity contribution in [1.29, 1.82) is 0 Å². The third kappa shape index (κ3) is 3.62. The number of hydrogen-bond donors (Lipinski definition) is 0. The predicted octanol–water partition coefficient (Wildman–Crippen LogP) is 3.84. The van der Waals surface area contributed by atoms with Gasteiger partial charge in [-0.05, 0) is 30.0 Å². The summed E-state index contributed by atoms with van der Waals surface area (Å²) in [5, 5.41) is 0.584. The summed E-state index contributed by atoms with van der Waals surface area (Å²) in [6.07, 6.45) is 5.03. The fraction of sp³-hybridized carbons (Fsp3) is 0.286. The number of ether oxygens (including phenoxy) is 1. The van der Waals surface area contributed by atoms with Gasteiger partial charge in [-0.15, -0.1) is 11.8 Å². The topological polar surface area (TPSA) is 59.5 Å². The molecule has 1 aliphatic heterocycles. The molecule has 5 nitrogen and oxygen atoms in total. The molecule has 27 heavy (non-hydrogen) atoms. The van der Waals surface area contributed by atoms with Gasteiger partial charge in [0.05, 0.1) is 5.56 Å². The molecular formula is C21H22N2O3S. The van der Waals surface area contributed by atoms with Crippen molar-refractivity contribution in [3.05, 3.63) is 65.5 Å². The summed E-state index contributed by atoms with van der Waals surface area (Å²) < 4.78 is 5.22. The smallest absolute Gasteiger partial charge is 0.341 e. The fourth-order valence-electron chi connectivity index (χ4n) is 3.38. The van der Waals surface area contributed by atoms with Crippen molar-refractivity contribution < 1.29 is 14.3 Å². The number of carbonyl (C=O) groups excluding carboxylic acids is 2. The zero-order chi connectivity index (χ0) is 19.6. The first kappa shape index (κ1) is 19.2. The Hall–Kier alpha value is -2.60. The number of para-hydroxylation sites is 1. The number of anilines is 1. The minimum Gasteiger partial charge on any atom is -0.454 e. The first-order valence-electron chi connectivity index (χ1n) is 8.60. The van der Waals surface area contributed by atoms with Crippen molar-refractivity contribution in [2.45, 2.75) is 24.3 Å². The highest BCUT2D eigenvalue weighted by Gasteiger charge is 2.38. The largest absolute Gasteiger partial charge is 0.454 e. The van der Waals surface area contributed by atoms with Gasteiger partial charge in [0.15, 0.2) is 12.4 Å². The molecule has 1 aromatic carbocycles. The number of benzene rings is 1. The minimum atomic E-state index is -0.540. The molecule has 0 saturated carbocycles. The maximum Gasteiger partial charge on any atom is 0.341 e. The van der Waals surface area contributed by atoms with E-state index in [0.29, 0.717) is 10.6 Å². The van der Waals surface area contributed by atoms with Gasteiger partial charge in [0.2, 0.25) is 0 Å². The monoisotopic (exact) mass is 382 g/mol. The van der Waals surface area contributed by atoms with Crippen LogP contribution in [0.4, 0.5) is 5.69 Å². The van der Waals surface area contributed by atoms with E-state index in [0.717, 1.165) is 11.4 Å². The van der Waals surface area contributed by atoms with E-state index >= 15 is 0 Å². The minimum absolute atomic E-state index is 0.249. The average Bonchev–Trinajstić information content (AvgIpc) is 2.87. The number of carbonyl (C=O) groups is 2. The molecule has 0 fully saturated rings. The Balaban J connectivity index is 1.73. The highest BCUT2D eigenvalue weighted by Crippen LogP contribution is 2.46. The van der Waals surface area contributed by atoms with Crippen LogP contribution in [-0.2, 0) is 14.9 Å². The zero-order valence-electron chi connectivity index (χ0n) is 15.9. The van der Waals surface area contributed by atoms with Gasteiger partial charge in [-0.25, -0.2) is 9.78 Å². The lowest BCUT2D eigenvalue weighted by Crippen LogP contribution is -2.25. The average molecular weight is 382 g/mol.